The lowest BCUT2D eigenvalue weighted by molar-refractivity contribution is 0.599. The molecule has 0 saturated heterocycles. The van der Waals surface area contributed by atoms with E-state index in [9.17, 15) is 5.26 Å². The van der Waals surface area contributed by atoms with Gasteiger partial charge in [-0.15, -0.1) is 0 Å². The zero-order chi connectivity index (χ0) is 14.8. The molecule has 0 fully saturated rings. The second-order valence-electron chi connectivity index (χ2n) is 4.79. The molecule has 3 aromatic rings. The van der Waals surface area contributed by atoms with Gasteiger partial charge in [0.1, 0.15) is 11.7 Å². The van der Waals surface area contributed by atoms with E-state index in [1.165, 1.54) is 0 Å². The minimum atomic E-state index is 0.331. The topological polar surface area (TPSA) is 75.8 Å². The van der Waals surface area contributed by atoms with Crippen LogP contribution in [0.5, 0.6) is 0 Å². The number of fused-ring (bicyclic) bond motifs is 1. The maximum atomic E-state index is 9.38. The Morgan fingerprint density at radius 1 is 1.19 bits per heavy atom. The van der Waals surface area contributed by atoms with E-state index in [2.05, 4.69) is 11.1 Å². The monoisotopic (exact) mass is 275 g/mol. The third-order valence-electron chi connectivity index (χ3n) is 3.29. The summed E-state index contributed by atoms with van der Waals surface area (Å²) >= 11 is 0. The molecule has 0 bridgehead atoms. The standard InChI is InChI=1S/C17H13N3O/c1-11-2-3-15-13(8-11)9-16(21-15)17(19)14(10-18)12-4-6-20-7-5-12/h2-9H,19H2,1H3/b17-14+. The number of nitrogens with zero attached hydrogens (tertiary/aromatic N) is 2. The van der Waals surface area contributed by atoms with Crippen molar-refractivity contribution >= 4 is 22.2 Å². The van der Waals surface area contributed by atoms with Crippen molar-refractivity contribution in [2.75, 3.05) is 0 Å². The van der Waals surface area contributed by atoms with Gasteiger partial charge < -0.3 is 10.2 Å². The van der Waals surface area contributed by atoms with Crippen molar-refractivity contribution in [1.82, 2.24) is 4.98 Å². The second kappa shape index (κ2) is 5.14. The maximum absolute atomic E-state index is 9.38. The fourth-order valence-corrected chi connectivity index (χ4v) is 2.22. The Morgan fingerprint density at radius 2 is 1.95 bits per heavy atom. The number of nitriles is 1. The number of aryl methyl sites for hydroxylation is 1. The van der Waals surface area contributed by atoms with Crippen molar-refractivity contribution in [2.24, 2.45) is 5.73 Å². The molecule has 0 spiro atoms. The molecule has 4 nitrogen and oxygen atoms in total. The molecule has 0 aliphatic rings. The van der Waals surface area contributed by atoms with Crippen LogP contribution in [-0.4, -0.2) is 4.98 Å². The van der Waals surface area contributed by atoms with Gasteiger partial charge in [-0.25, -0.2) is 0 Å². The number of rotatable bonds is 2. The lowest BCUT2D eigenvalue weighted by Gasteiger charge is -2.02. The van der Waals surface area contributed by atoms with Gasteiger partial charge in [0.2, 0.25) is 0 Å². The number of benzene rings is 1. The minimum absolute atomic E-state index is 0.331. The molecule has 0 atom stereocenters. The molecular formula is C17H13N3O. The predicted molar refractivity (Wildman–Crippen MR) is 81.8 cm³/mol. The molecule has 0 aliphatic carbocycles. The fraction of sp³-hybridized carbons (Fsp3) is 0.0588. The number of hydrogen-bond acceptors (Lipinski definition) is 4. The van der Waals surface area contributed by atoms with Gasteiger partial charge in [0, 0.05) is 17.8 Å². The molecule has 3 rings (SSSR count). The fourth-order valence-electron chi connectivity index (χ4n) is 2.22. The Bertz CT molecular complexity index is 870. The van der Waals surface area contributed by atoms with Crippen LogP contribution >= 0.6 is 0 Å². The van der Waals surface area contributed by atoms with Gasteiger partial charge in [0.25, 0.3) is 0 Å². The largest absolute Gasteiger partial charge is 0.454 e. The van der Waals surface area contributed by atoms with Gasteiger partial charge in [-0.1, -0.05) is 11.6 Å². The summed E-state index contributed by atoms with van der Waals surface area (Å²) in [5.41, 5.74) is 9.46. The molecule has 102 valence electrons. The smallest absolute Gasteiger partial charge is 0.152 e. The normalized spacial score (nSPS) is 12.0. The van der Waals surface area contributed by atoms with Crippen molar-refractivity contribution < 1.29 is 4.42 Å². The second-order valence-corrected chi connectivity index (χ2v) is 4.79. The van der Waals surface area contributed by atoms with Gasteiger partial charge in [-0.2, -0.15) is 5.26 Å². The van der Waals surface area contributed by atoms with Gasteiger partial charge >= 0.3 is 0 Å². The highest BCUT2D eigenvalue weighted by atomic mass is 16.3. The molecule has 1 aromatic carbocycles. The highest BCUT2D eigenvalue weighted by Crippen LogP contribution is 2.27. The molecule has 2 heterocycles. The maximum Gasteiger partial charge on any atom is 0.152 e. The zero-order valence-electron chi connectivity index (χ0n) is 11.5. The summed E-state index contributed by atoms with van der Waals surface area (Å²) in [6.45, 7) is 2.02. The molecule has 4 heteroatoms. The Hall–Kier alpha value is -3.06. The Balaban J connectivity index is 2.16. The minimum Gasteiger partial charge on any atom is -0.454 e. The van der Waals surface area contributed by atoms with Gasteiger partial charge in [0.15, 0.2) is 5.76 Å². The van der Waals surface area contributed by atoms with Gasteiger partial charge in [0.05, 0.1) is 11.3 Å². The quantitative estimate of drug-likeness (QED) is 0.726. The average molecular weight is 275 g/mol. The van der Waals surface area contributed by atoms with Crippen molar-refractivity contribution in [2.45, 2.75) is 6.92 Å². The summed E-state index contributed by atoms with van der Waals surface area (Å²) in [7, 11) is 0. The summed E-state index contributed by atoms with van der Waals surface area (Å²) in [5, 5.41) is 10.4. The van der Waals surface area contributed by atoms with Gasteiger partial charge in [-0.05, 0) is 42.8 Å². The molecule has 21 heavy (non-hydrogen) atoms. The summed E-state index contributed by atoms with van der Waals surface area (Å²) in [6, 6.07) is 13.4. The van der Waals surface area contributed by atoms with Crippen LogP contribution in [0.25, 0.3) is 22.2 Å². The van der Waals surface area contributed by atoms with E-state index in [0.29, 0.717) is 17.0 Å². The van der Waals surface area contributed by atoms with Crippen molar-refractivity contribution in [3.63, 3.8) is 0 Å². The van der Waals surface area contributed by atoms with E-state index in [-0.39, 0.29) is 0 Å². The number of furan rings is 1. The zero-order valence-corrected chi connectivity index (χ0v) is 11.5. The summed E-state index contributed by atoms with van der Waals surface area (Å²) in [4.78, 5) is 3.94. The van der Waals surface area contributed by atoms with Crippen LogP contribution in [0.2, 0.25) is 0 Å². The van der Waals surface area contributed by atoms with Crippen LogP contribution in [0.1, 0.15) is 16.9 Å². The van der Waals surface area contributed by atoms with Crippen LogP contribution in [-0.2, 0) is 0 Å². The molecule has 2 N–H and O–H groups in total. The molecule has 0 radical (unpaired) electrons. The molecule has 0 aliphatic heterocycles. The van der Waals surface area contributed by atoms with Crippen LogP contribution in [0, 0.1) is 18.3 Å². The van der Waals surface area contributed by atoms with E-state index in [1.54, 1.807) is 24.5 Å². The number of aromatic nitrogens is 1. The van der Waals surface area contributed by atoms with Crippen LogP contribution in [0.4, 0.5) is 0 Å². The Kier molecular flexibility index (Phi) is 3.17. The summed E-state index contributed by atoms with van der Waals surface area (Å²) in [6.07, 6.45) is 3.25. The first-order chi connectivity index (χ1) is 10.2. The number of allylic oxidation sites excluding steroid dienone is 1. The molecule has 0 saturated carbocycles. The highest BCUT2D eigenvalue weighted by Gasteiger charge is 2.12. The van der Waals surface area contributed by atoms with Crippen molar-refractivity contribution in [1.29, 1.82) is 5.26 Å². The third-order valence-corrected chi connectivity index (χ3v) is 3.29. The lowest BCUT2D eigenvalue weighted by Crippen LogP contribution is -1.99. The number of pyridine rings is 1. The molecule has 0 unspecified atom stereocenters. The van der Waals surface area contributed by atoms with Crippen LogP contribution in [0.15, 0.2) is 53.2 Å². The molecule has 2 aromatic heterocycles. The third kappa shape index (κ3) is 2.37. The summed E-state index contributed by atoms with van der Waals surface area (Å²) in [5.74, 6) is 0.504. The van der Waals surface area contributed by atoms with Crippen LogP contribution in [0.3, 0.4) is 0 Å². The van der Waals surface area contributed by atoms with E-state index < -0.39 is 0 Å². The SMILES string of the molecule is Cc1ccc2oc(/C(N)=C(/C#N)c3ccncc3)cc2c1. The van der Waals surface area contributed by atoms with E-state index in [1.807, 2.05) is 31.2 Å². The van der Waals surface area contributed by atoms with Crippen LogP contribution < -0.4 is 5.73 Å². The first-order valence-electron chi connectivity index (χ1n) is 6.50. The first kappa shape index (κ1) is 12.9. The highest BCUT2D eigenvalue weighted by molar-refractivity contribution is 5.96. The van der Waals surface area contributed by atoms with Gasteiger partial charge in [-0.3, -0.25) is 4.98 Å². The molecule has 0 amide bonds. The van der Waals surface area contributed by atoms with E-state index >= 15 is 0 Å². The lowest BCUT2D eigenvalue weighted by atomic mass is 10.1. The average Bonchev–Trinajstić information content (AvgIpc) is 2.92. The van der Waals surface area contributed by atoms with Crippen molar-refractivity contribution in [3.05, 3.63) is 65.7 Å². The van der Waals surface area contributed by atoms with E-state index in [0.717, 1.165) is 22.1 Å². The summed E-state index contributed by atoms with van der Waals surface area (Å²) < 4.78 is 5.74. The van der Waals surface area contributed by atoms with E-state index in [4.69, 9.17) is 10.2 Å². The molecular weight excluding hydrogens is 262 g/mol. The predicted octanol–water partition coefficient (Wildman–Crippen LogP) is 3.49. The Labute approximate surface area is 122 Å². The first-order valence-corrected chi connectivity index (χ1v) is 6.50. The number of hydrogen-bond donors (Lipinski definition) is 1. The van der Waals surface area contributed by atoms with Crippen molar-refractivity contribution in [3.8, 4) is 6.07 Å². The number of nitrogens with two attached hydrogens (primary N) is 1. The Morgan fingerprint density at radius 3 is 2.67 bits per heavy atom.